The molecular weight excluding hydrogens is 363 g/mol. The minimum atomic E-state index is -4.49. The first-order valence-corrected chi connectivity index (χ1v) is 9.13. The molecular formula is C18H20F3N3OS. The van der Waals surface area contributed by atoms with Gasteiger partial charge in [-0.2, -0.15) is 13.2 Å². The second-order valence-electron chi connectivity index (χ2n) is 6.08. The van der Waals surface area contributed by atoms with Gasteiger partial charge in [0.1, 0.15) is 11.6 Å². The summed E-state index contributed by atoms with van der Waals surface area (Å²) < 4.78 is 50.0. The molecule has 2 aromatic rings. The zero-order chi connectivity index (χ0) is 19.5. The summed E-state index contributed by atoms with van der Waals surface area (Å²) >= 11 is 0. The topological polar surface area (TPSA) is 45.6 Å². The molecule has 1 aromatic carbocycles. The van der Waals surface area contributed by atoms with E-state index < -0.39 is 22.7 Å². The Morgan fingerprint density at radius 3 is 2.46 bits per heavy atom. The van der Waals surface area contributed by atoms with Crippen molar-refractivity contribution in [1.29, 1.82) is 0 Å². The lowest BCUT2D eigenvalue weighted by Crippen LogP contribution is -2.23. The van der Waals surface area contributed by atoms with Crippen molar-refractivity contribution < 1.29 is 17.4 Å². The zero-order valence-electron chi connectivity index (χ0n) is 15.0. The van der Waals surface area contributed by atoms with E-state index in [0.29, 0.717) is 17.1 Å². The lowest BCUT2D eigenvalue weighted by Gasteiger charge is -2.17. The van der Waals surface area contributed by atoms with Crippen LogP contribution in [0, 0.1) is 13.8 Å². The molecule has 0 spiro atoms. The van der Waals surface area contributed by atoms with Gasteiger partial charge < -0.3 is 4.90 Å². The van der Waals surface area contributed by atoms with Crippen molar-refractivity contribution in [3.8, 4) is 0 Å². The van der Waals surface area contributed by atoms with Crippen molar-refractivity contribution in [3.63, 3.8) is 0 Å². The molecule has 0 radical (unpaired) electrons. The van der Waals surface area contributed by atoms with Crippen molar-refractivity contribution in [1.82, 2.24) is 9.88 Å². The predicted molar refractivity (Wildman–Crippen MR) is 97.4 cm³/mol. The average Bonchev–Trinajstić information content (AvgIpc) is 2.52. The Bertz CT molecular complexity index is 834. The van der Waals surface area contributed by atoms with Crippen molar-refractivity contribution >= 4 is 22.3 Å². The highest BCUT2D eigenvalue weighted by atomic mass is 32.2. The van der Waals surface area contributed by atoms with Gasteiger partial charge in [-0.25, -0.2) is 4.99 Å². The van der Waals surface area contributed by atoms with Crippen LogP contribution < -0.4 is 0 Å². The molecule has 140 valence electrons. The Morgan fingerprint density at radius 2 is 1.92 bits per heavy atom. The van der Waals surface area contributed by atoms with Crippen LogP contribution in [0.3, 0.4) is 0 Å². The normalized spacial score (nSPS) is 13.6. The summed E-state index contributed by atoms with van der Waals surface area (Å²) in [6.07, 6.45) is -1.19. The van der Waals surface area contributed by atoms with Crippen molar-refractivity contribution in [3.05, 3.63) is 53.3 Å². The van der Waals surface area contributed by atoms with Crippen LogP contribution in [-0.2, 0) is 10.8 Å². The van der Waals surface area contributed by atoms with Gasteiger partial charge in [0.05, 0.1) is 16.5 Å². The third-order valence-corrected chi connectivity index (χ3v) is 5.12. The SMILES string of the molecule is Cc1cc(C)c(S(=O)CC(F)(F)F)cc1N=C(c1cccnc1)N(C)C. The predicted octanol–water partition coefficient (Wildman–Crippen LogP) is 4.01. The van der Waals surface area contributed by atoms with Crippen LogP contribution in [0.4, 0.5) is 18.9 Å². The lowest BCUT2D eigenvalue weighted by atomic mass is 10.1. The summed E-state index contributed by atoms with van der Waals surface area (Å²) in [7, 11) is 1.46. The van der Waals surface area contributed by atoms with Crippen LogP contribution in [0.1, 0.15) is 16.7 Å². The van der Waals surface area contributed by atoms with Crippen LogP contribution in [0.15, 0.2) is 46.5 Å². The Kier molecular flexibility index (Phi) is 6.17. The molecule has 1 heterocycles. The summed E-state index contributed by atoms with van der Waals surface area (Å²) in [6.45, 7) is 3.47. The number of alkyl halides is 3. The fraction of sp³-hybridized carbons (Fsp3) is 0.333. The molecule has 0 bridgehead atoms. The van der Waals surface area contributed by atoms with Crippen LogP contribution >= 0.6 is 0 Å². The second kappa shape index (κ2) is 7.99. The minimum Gasteiger partial charge on any atom is -0.362 e. The van der Waals surface area contributed by atoms with Crippen LogP contribution in [0.5, 0.6) is 0 Å². The standard InChI is InChI=1S/C18H20F3N3OS/c1-12-8-13(2)16(26(25)11-18(19,20)21)9-15(12)23-17(24(3)4)14-6-5-7-22-10-14/h5-10H,11H2,1-4H3. The number of aromatic nitrogens is 1. The average molecular weight is 383 g/mol. The van der Waals surface area contributed by atoms with E-state index in [1.165, 1.54) is 6.07 Å². The summed E-state index contributed by atoms with van der Waals surface area (Å²) in [4.78, 5) is 10.6. The summed E-state index contributed by atoms with van der Waals surface area (Å²) in [6, 6.07) is 6.81. The lowest BCUT2D eigenvalue weighted by molar-refractivity contribution is -0.105. The highest BCUT2D eigenvalue weighted by Gasteiger charge is 2.31. The monoisotopic (exact) mass is 383 g/mol. The van der Waals surface area contributed by atoms with Gasteiger partial charge in [0, 0.05) is 36.9 Å². The van der Waals surface area contributed by atoms with Gasteiger partial charge in [-0.3, -0.25) is 9.19 Å². The first-order valence-electron chi connectivity index (χ1n) is 7.81. The van der Waals surface area contributed by atoms with E-state index in [-0.39, 0.29) is 4.90 Å². The zero-order valence-corrected chi connectivity index (χ0v) is 15.8. The number of aryl methyl sites for hydroxylation is 2. The molecule has 0 aliphatic carbocycles. The number of nitrogens with zero attached hydrogens (tertiary/aromatic N) is 3. The molecule has 0 saturated heterocycles. The number of halogens is 3. The van der Waals surface area contributed by atoms with Gasteiger partial charge in [-0.15, -0.1) is 0 Å². The number of rotatable bonds is 4. The van der Waals surface area contributed by atoms with Gasteiger partial charge in [-0.1, -0.05) is 6.07 Å². The molecule has 8 heteroatoms. The van der Waals surface area contributed by atoms with Gasteiger partial charge in [-0.05, 0) is 43.2 Å². The van der Waals surface area contributed by atoms with E-state index in [4.69, 9.17) is 0 Å². The molecule has 2 rings (SSSR count). The smallest absolute Gasteiger partial charge is 0.362 e. The fourth-order valence-electron chi connectivity index (χ4n) is 2.45. The van der Waals surface area contributed by atoms with Crippen molar-refractivity contribution in [2.45, 2.75) is 24.9 Å². The second-order valence-corrected chi connectivity index (χ2v) is 7.50. The van der Waals surface area contributed by atoms with Crippen molar-refractivity contribution in [2.24, 2.45) is 4.99 Å². The largest absolute Gasteiger partial charge is 0.400 e. The Morgan fingerprint density at radius 1 is 1.23 bits per heavy atom. The number of amidine groups is 1. The number of hydrogen-bond donors (Lipinski definition) is 0. The number of benzene rings is 1. The molecule has 0 aliphatic rings. The van der Waals surface area contributed by atoms with E-state index in [0.717, 1.165) is 11.1 Å². The maximum atomic E-state index is 12.6. The van der Waals surface area contributed by atoms with Gasteiger partial charge >= 0.3 is 6.18 Å². The maximum Gasteiger partial charge on any atom is 0.400 e. The number of pyridine rings is 1. The number of hydrogen-bond acceptors (Lipinski definition) is 3. The molecule has 0 aliphatic heterocycles. The van der Waals surface area contributed by atoms with E-state index in [9.17, 15) is 17.4 Å². The summed E-state index contributed by atoms with van der Waals surface area (Å²) in [5, 5.41) is 0. The van der Waals surface area contributed by atoms with Gasteiger partial charge in [0.2, 0.25) is 0 Å². The summed E-state index contributed by atoms with van der Waals surface area (Å²) in [5.41, 5.74) is 2.60. The van der Waals surface area contributed by atoms with E-state index in [2.05, 4.69) is 9.98 Å². The van der Waals surface area contributed by atoms with Gasteiger partial charge in [0.25, 0.3) is 0 Å². The number of aliphatic imine (C=N–C) groups is 1. The fourth-order valence-corrected chi connectivity index (χ4v) is 3.56. The molecule has 0 saturated carbocycles. The molecule has 1 atom stereocenters. The molecule has 0 N–H and O–H groups in total. The van der Waals surface area contributed by atoms with E-state index in [1.54, 1.807) is 36.4 Å². The molecule has 0 amide bonds. The van der Waals surface area contributed by atoms with E-state index in [1.807, 2.05) is 27.1 Å². The molecule has 26 heavy (non-hydrogen) atoms. The Labute approximate surface area is 153 Å². The highest BCUT2D eigenvalue weighted by Crippen LogP contribution is 2.29. The highest BCUT2D eigenvalue weighted by molar-refractivity contribution is 7.85. The Hall–Kier alpha value is -2.22. The Balaban J connectivity index is 2.52. The third kappa shape index (κ3) is 5.14. The molecule has 1 unspecified atom stereocenters. The minimum absolute atomic E-state index is 0.149. The van der Waals surface area contributed by atoms with Crippen LogP contribution in [0.2, 0.25) is 0 Å². The third-order valence-electron chi connectivity index (χ3n) is 3.60. The summed E-state index contributed by atoms with van der Waals surface area (Å²) in [5.74, 6) is -0.763. The molecule has 1 aromatic heterocycles. The van der Waals surface area contributed by atoms with Gasteiger partial charge in [0.15, 0.2) is 0 Å². The molecule has 4 nitrogen and oxygen atoms in total. The molecule has 0 fully saturated rings. The van der Waals surface area contributed by atoms with Crippen molar-refractivity contribution in [2.75, 3.05) is 19.8 Å². The first-order chi connectivity index (χ1) is 12.1. The maximum absolute atomic E-state index is 12.6. The first kappa shape index (κ1) is 20.1. The van der Waals surface area contributed by atoms with Crippen LogP contribution in [-0.4, -0.2) is 46.0 Å². The quantitative estimate of drug-likeness (QED) is 0.592. The van der Waals surface area contributed by atoms with E-state index >= 15 is 0 Å². The van der Waals surface area contributed by atoms with Crippen LogP contribution in [0.25, 0.3) is 0 Å².